The number of amides is 2. The van der Waals surface area contributed by atoms with Crippen LogP contribution in [-0.4, -0.2) is 46.8 Å². The van der Waals surface area contributed by atoms with Crippen LogP contribution in [-0.2, 0) is 4.79 Å². The first kappa shape index (κ1) is 14.9. The molecule has 2 amide bonds. The maximum atomic E-state index is 12.7. The number of urea groups is 1. The van der Waals surface area contributed by atoms with Crippen molar-refractivity contribution in [3.05, 3.63) is 0 Å². The molecule has 5 nitrogen and oxygen atoms in total. The van der Waals surface area contributed by atoms with E-state index in [4.69, 9.17) is 5.11 Å². The Hall–Kier alpha value is -1.47. The van der Waals surface area contributed by atoms with Gasteiger partial charge in [-0.1, -0.05) is 0 Å². The fraction of sp³-hybridized carbons (Fsp3) is 0.833. The number of alkyl halides is 3. The quantitative estimate of drug-likeness (QED) is 0.836. The molecule has 20 heavy (non-hydrogen) atoms. The summed E-state index contributed by atoms with van der Waals surface area (Å²) in [4.78, 5) is 23.7. The maximum absolute atomic E-state index is 12.7. The number of piperidine rings is 1. The van der Waals surface area contributed by atoms with Gasteiger partial charge in [0.25, 0.3) is 0 Å². The molecule has 1 saturated heterocycles. The van der Waals surface area contributed by atoms with Crippen molar-refractivity contribution < 1.29 is 27.9 Å². The number of halogens is 3. The lowest BCUT2D eigenvalue weighted by molar-refractivity contribution is -0.163. The fourth-order valence-electron chi connectivity index (χ4n) is 2.48. The summed E-state index contributed by atoms with van der Waals surface area (Å²) in [5.41, 5.74) is -2.04. The normalized spacial score (nSPS) is 22.4. The van der Waals surface area contributed by atoms with E-state index >= 15 is 0 Å². The van der Waals surface area contributed by atoms with Crippen molar-refractivity contribution in [2.75, 3.05) is 13.1 Å². The molecular weight excluding hydrogens is 277 g/mol. The van der Waals surface area contributed by atoms with Gasteiger partial charge in [-0.3, -0.25) is 4.79 Å². The molecular formula is C12H17F3N2O3. The predicted molar refractivity (Wildman–Crippen MR) is 63.1 cm³/mol. The number of hydrogen-bond donors (Lipinski definition) is 2. The Balaban J connectivity index is 1.82. The lowest BCUT2D eigenvalue weighted by atomic mass is 9.94. The first-order chi connectivity index (χ1) is 9.23. The number of aliphatic carboxylic acids is 1. The van der Waals surface area contributed by atoms with Gasteiger partial charge < -0.3 is 15.3 Å². The van der Waals surface area contributed by atoms with Crippen molar-refractivity contribution in [2.24, 2.45) is 5.92 Å². The van der Waals surface area contributed by atoms with E-state index in [1.54, 1.807) is 0 Å². The van der Waals surface area contributed by atoms with Gasteiger partial charge in [0.1, 0.15) is 5.54 Å². The number of rotatable bonds is 3. The number of hydrogen-bond acceptors (Lipinski definition) is 2. The summed E-state index contributed by atoms with van der Waals surface area (Å²) in [6.45, 7) is 0.607. The minimum atomic E-state index is -4.41. The molecule has 0 aromatic carbocycles. The molecule has 2 aliphatic rings. The van der Waals surface area contributed by atoms with Crippen molar-refractivity contribution >= 4 is 12.0 Å². The summed E-state index contributed by atoms with van der Waals surface area (Å²) < 4.78 is 38.2. The smallest absolute Gasteiger partial charge is 0.411 e. The predicted octanol–water partition coefficient (Wildman–Crippen LogP) is 1.98. The maximum Gasteiger partial charge on any atom is 0.411 e. The third-order valence-corrected chi connectivity index (χ3v) is 4.00. The molecule has 2 fully saturated rings. The third kappa shape index (κ3) is 3.16. The molecule has 0 spiro atoms. The monoisotopic (exact) mass is 294 g/mol. The highest BCUT2D eigenvalue weighted by Crippen LogP contribution is 2.49. The van der Waals surface area contributed by atoms with Gasteiger partial charge in [-0.2, -0.15) is 13.2 Å². The lowest BCUT2D eigenvalue weighted by Crippen LogP contribution is -2.54. The summed E-state index contributed by atoms with van der Waals surface area (Å²) in [5.74, 6) is -0.893. The molecule has 0 aromatic heterocycles. The molecule has 0 radical (unpaired) electrons. The Labute approximate surface area is 114 Å². The molecule has 1 aliphatic carbocycles. The second kappa shape index (κ2) is 5.14. The summed E-state index contributed by atoms with van der Waals surface area (Å²) in [5, 5.41) is 10.8. The molecule has 0 unspecified atom stereocenters. The summed E-state index contributed by atoms with van der Waals surface area (Å²) >= 11 is 0. The average molecular weight is 294 g/mol. The molecule has 0 aromatic rings. The molecule has 0 bridgehead atoms. The van der Waals surface area contributed by atoms with Gasteiger partial charge in [-0.15, -0.1) is 0 Å². The Morgan fingerprint density at radius 2 is 1.80 bits per heavy atom. The van der Waals surface area contributed by atoms with E-state index < -0.39 is 23.7 Å². The fourth-order valence-corrected chi connectivity index (χ4v) is 2.48. The summed E-state index contributed by atoms with van der Waals surface area (Å²) in [7, 11) is 0. The van der Waals surface area contributed by atoms with E-state index in [-0.39, 0.29) is 25.2 Å². The van der Waals surface area contributed by atoms with E-state index in [2.05, 4.69) is 5.32 Å². The Morgan fingerprint density at radius 1 is 1.25 bits per heavy atom. The van der Waals surface area contributed by atoms with Gasteiger partial charge in [0, 0.05) is 19.5 Å². The molecule has 114 valence electrons. The van der Waals surface area contributed by atoms with Gasteiger partial charge in [0.05, 0.1) is 0 Å². The zero-order valence-corrected chi connectivity index (χ0v) is 10.9. The van der Waals surface area contributed by atoms with Gasteiger partial charge in [0.2, 0.25) is 0 Å². The van der Waals surface area contributed by atoms with Gasteiger partial charge in [-0.25, -0.2) is 4.79 Å². The zero-order valence-electron chi connectivity index (χ0n) is 10.9. The van der Waals surface area contributed by atoms with Crippen molar-refractivity contribution in [1.82, 2.24) is 10.2 Å². The van der Waals surface area contributed by atoms with Crippen LogP contribution in [0, 0.1) is 5.92 Å². The van der Waals surface area contributed by atoms with E-state index in [1.165, 1.54) is 4.90 Å². The molecule has 1 saturated carbocycles. The third-order valence-electron chi connectivity index (χ3n) is 4.00. The second-order valence-corrected chi connectivity index (χ2v) is 5.54. The van der Waals surface area contributed by atoms with Crippen LogP contribution >= 0.6 is 0 Å². The molecule has 1 aliphatic heterocycles. The highest BCUT2D eigenvalue weighted by Gasteiger charge is 2.64. The van der Waals surface area contributed by atoms with Crippen LogP contribution in [0.4, 0.5) is 18.0 Å². The Kier molecular flexibility index (Phi) is 3.84. The highest BCUT2D eigenvalue weighted by molar-refractivity contribution is 5.76. The minimum Gasteiger partial charge on any atom is -0.481 e. The van der Waals surface area contributed by atoms with Gasteiger partial charge in [0.15, 0.2) is 0 Å². The largest absolute Gasteiger partial charge is 0.481 e. The standard InChI is InChI=1S/C12H17F3N2O3/c13-12(14,15)11(3-4-11)16-10(20)17-5-1-8(2-6-17)7-9(18)19/h8H,1-7H2,(H,16,20)(H,18,19). The van der Waals surface area contributed by atoms with Crippen LogP contribution in [0.25, 0.3) is 0 Å². The topological polar surface area (TPSA) is 69.6 Å². The number of carboxylic acid groups (broad SMARTS) is 1. The van der Waals surface area contributed by atoms with Gasteiger partial charge >= 0.3 is 18.2 Å². The van der Waals surface area contributed by atoms with Crippen molar-refractivity contribution in [3.63, 3.8) is 0 Å². The molecule has 0 atom stereocenters. The first-order valence-electron chi connectivity index (χ1n) is 6.59. The van der Waals surface area contributed by atoms with Crippen LogP contribution in [0.3, 0.4) is 0 Å². The summed E-state index contributed by atoms with van der Waals surface area (Å²) in [6, 6.07) is -0.700. The Morgan fingerprint density at radius 3 is 2.20 bits per heavy atom. The van der Waals surface area contributed by atoms with E-state index in [0.717, 1.165) is 0 Å². The lowest BCUT2D eigenvalue weighted by Gasteiger charge is -2.33. The number of carboxylic acids is 1. The number of carbonyl (C=O) groups is 2. The highest BCUT2D eigenvalue weighted by atomic mass is 19.4. The van der Waals surface area contributed by atoms with Gasteiger partial charge in [-0.05, 0) is 31.6 Å². The summed E-state index contributed by atoms with van der Waals surface area (Å²) in [6.07, 6.45) is -3.49. The molecule has 8 heteroatoms. The van der Waals surface area contributed by atoms with Crippen molar-refractivity contribution in [1.29, 1.82) is 0 Å². The molecule has 2 rings (SSSR count). The number of carbonyl (C=O) groups excluding carboxylic acids is 1. The average Bonchev–Trinajstić information content (AvgIpc) is 3.09. The number of nitrogens with zero attached hydrogens (tertiary/aromatic N) is 1. The van der Waals surface area contributed by atoms with Crippen LogP contribution < -0.4 is 5.32 Å². The van der Waals surface area contributed by atoms with Crippen LogP contribution in [0.5, 0.6) is 0 Å². The minimum absolute atomic E-state index is 0.00551. The SMILES string of the molecule is O=C(O)CC1CCN(C(=O)NC2(C(F)(F)F)CC2)CC1. The molecule has 2 N–H and O–H groups in total. The second-order valence-electron chi connectivity index (χ2n) is 5.54. The van der Waals surface area contributed by atoms with Crippen LogP contribution in [0.2, 0.25) is 0 Å². The van der Waals surface area contributed by atoms with E-state index in [1.807, 2.05) is 0 Å². The number of nitrogens with one attached hydrogen (secondary N) is 1. The first-order valence-corrected chi connectivity index (χ1v) is 6.59. The number of likely N-dealkylation sites (tertiary alicyclic amines) is 1. The molecule has 1 heterocycles. The zero-order chi connectivity index (χ0) is 15.0. The van der Waals surface area contributed by atoms with Crippen molar-refractivity contribution in [2.45, 2.75) is 43.8 Å². The van der Waals surface area contributed by atoms with Crippen molar-refractivity contribution in [3.8, 4) is 0 Å². The van der Waals surface area contributed by atoms with E-state index in [9.17, 15) is 22.8 Å². The Bertz CT molecular complexity index is 399. The van der Waals surface area contributed by atoms with E-state index in [0.29, 0.717) is 25.9 Å². The van der Waals surface area contributed by atoms with Crippen LogP contribution in [0.15, 0.2) is 0 Å². The van der Waals surface area contributed by atoms with Crippen LogP contribution in [0.1, 0.15) is 32.1 Å².